The largest absolute Gasteiger partial charge is 0.452 e. The Morgan fingerprint density at radius 2 is 0.786 bits per heavy atom. The van der Waals surface area contributed by atoms with Gasteiger partial charge in [-0.2, -0.15) is 0 Å². The van der Waals surface area contributed by atoms with Crippen LogP contribution in [0.1, 0.15) is 41.4 Å². The summed E-state index contributed by atoms with van der Waals surface area (Å²) >= 11 is 0. The van der Waals surface area contributed by atoms with E-state index in [0.29, 0.717) is 0 Å². The molecule has 9 heteroatoms. The SMILES string of the molecule is O=C(O[C@H]1OC[C@@H](OC(=O)c2ccccc2)[C@H](OC(=O)c2ccccc2)[C@@H]1OC(=O)c1ccccc1)c1ccccc1. The van der Waals surface area contributed by atoms with Crippen LogP contribution in [0.5, 0.6) is 0 Å². The van der Waals surface area contributed by atoms with Gasteiger partial charge < -0.3 is 23.7 Å². The Labute approximate surface area is 241 Å². The Bertz CT molecular complexity index is 1390. The topological polar surface area (TPSA) is 114 Å². The van der Waals surface area contributed by atoms with Gasteiger partial charge in [-0.1, -0.05) is 72.8 Å². The van der Waals surface area contributed by atoms with Crippen LogP contribution in [-0.4, -0.2) is 55.1 Å². The second-order valence-electron chi connectivity index (χ2n) is 9.25. The first-order chi connectivity index (χ1) is 20.5. The Balaban J connectivity index is 1.48. The summed E-state index contributed by atoms with van der Waals surface area (Å²) in [5, 5.41) is 0. The van der Waals surface area contributed by atoms with Crippen LogP contribution in [0.25, 0.3) is 0 Å². The van der Waals surface area contributed by atoms with Crippen molar-refractivity contribution < 1.29 is 42.9 Å². The molecule has 42 heavy (non-hydrogen) atoms. The highest BCUT2D eigenvalue weighted by Crippen LogP contribution is 2.28. The van der Waals surface area contributed by atoms with Crippen molar-refractivity contribution in [2.75, 3.05) is 6.61 Å². The van der Waals surface area contributed by atoms with Crippen molar-refractivity contribution in [1.29, 1.82) is 0 Å². The van der Waals surface area contributed by atoms with Gasteiger partial charge in [-0.05, 0) is 48.5 Å². The molecule has 1 aliphatic heterocycles. The molecule has 0 aromatic heterocycles. The molecule has 9 nitrogen and oxygen atoms in total. The van der Waals surface area contributed by atoms with Crippen LogP contribution in [0.3, 0.4) is 0 Å². The first-order valence-corrected chi connectivity index (χ1v) is 13.2. The van der Waals surface area contributed by atoms with Gasteiger partial charge in [0.2, 0.25) is 12.4 Å². The first kappa shape index (κ1) is 28.3. The van der Waals surface area contributed by atoms with Crippen molar-refractivity contribution in [3.05, 3.63) is 144 Å². The van der Waals surface area contributed by atoms with Crippen LogP contribution in [0.4, 0.5) is 0 Å². The number of hydrogen-bond donors (Lipinski definition) is 0. The average molecular weight is 567 g/mol. The van der Waals surface area contributed by atoms with Gasteiger partial charge in [-0.25, -0.2) is 19.2 Å². The maximum atomic E-state index is 13.2. The summed E-state index contributed by atoms with van der Waals surface area (Å²) < 4.78 is 28.7. The fourth-order valence-corrected chi connectivity index (χ4v) is 4.27. The molecule has 0 spiro atoms. The van der Waals surface area contributed by atoms with Crippen molar-refractivity contribution in [3.8, 4) is 0 Å². The minimum atomic E-state index is -1.50. The van der Waals surface area contributed by atoms with Crippen LogP contribution < -0.4 is 0 Å². The molecule has 0 aliphatic carbocycles. The lowest BCUT2D eigenvalue weighted by molar-refractivity contribution is -0.250. The highest BCUT2D eigenvalue weighted by Gasteiger charge is 2.50. The van der Waals surface area contributed by atoms with Crippen LogP contribution >= 0.6 is 0 Å². The molecule has 0 N–H and O–H groups in total. The van der Waals surface area contributed by atoms with Crippen molar-refractivity contribution >= 4 is 23.9 Å². The summed E-state index contributed by atoms with van der Waals surface area (Å²) in [6.07, 6.45) is -5.61. The number of rotatable bonds is 8. The molecular formula is C33H26O9. The van der Waals surface area contributed by atoms with Gasteiger partial charge in [0.15, 0.2) is 12.2 Å². The van der Waals surface area contributed by atoms with Crippen LogP contribution in [-0.2, 0) is 23.7 Å². The maximum absolute atomic E-state index is 13.2. The molecule has 4 aromatic carbocycles. The van der Waals surface area contributed by atoms with Gasteiger partial charge in [0.1, 0.15) is 0 Å². The van der Waals surface area contributed by atoms with E-state index in [1.807, 2.05) is 0 Å². The minimum Gasteiger partial charge on any atom is -0.452 e. The Morgan fingerprint density at radius 1 is 0.452 bits per heavy atom. The number of hydrogen-bond acceptors (Lipinski definition) is 9. The standard InChI is InChI=1S/C33H26O9/c34-29(22-13-5-1-6-14-22)39-26-21-38-33(42-32(37)25-19-11-4-12-20-25)28(41-31(36)24-17-9-3-10-18-24)27(26)40-30(35)23-15-7-2-8-16-23/h1-20,26-28,33H,21H2/t26-,27+,28+,33-/m1/s1. The van der Waals surface area contributed by atoms with Crippen LogP contribution in [0.15, 0.2) is 121 Å². The van der Waals surface area contributed by atoms with E-state index in [0.717, 1.165) is 0 Å². The minimum absolute atomic E-state index is 0.196. The number of esters is 4. The summed E-state index contributed by atoms with van der Waals surface area (Å²) in [6.45, 7) is -0.322. The highest BCUT2D eigenvalue weighted by molar-refractivity contribution is 5.91. The Hall–Kier alpha value is -5.28. The zero-order valence-corrected chi connectivity index (χ0v) is 22.2. The Kier molecular flexibility index (Phi) is 9.00. The van der Waals surface area contributed by atoms with Gasteiger partial charge in [0, 0.05) is 0 Å². The molecule has 0 unspecified atom stereocenters. The zero-order valence-electron chi connectivity index (χ0n) is 22.2. The lowest BCUT2D eigenvalue weighted by Gasteiger charge is -2.40. The predicted octanol–water partition coefficient (Wildman–Crippen LogP) is 4.88. The molecule has 0 bridgehead atoms. The normalized spacial score (nSPS) is 19.6. The molecule has 0 saturated carbocycles. The lowest BCUT2D eigenvalue weighted by atomic mass is 10.0. The van der Waals surface area contributed by atoms with Gasteiger partial charge in [0.05, 0.1) is 28.9 Å². The third-order valence-electron chi connectivity index (χ3n) is 6.39. The molecule has 5 rings (SSSR count). The molecule has 212 valence electrons. The number of carbonyl (C=O) groups is 4. The van der Waals surface area contributed by atoms with E-state index in [9.17, 15) is 19.2 Å². The van der Waals surface area contributed by atoms with E-state index >= 15 is 0 Å². The second-order valence-corrected chi connectivity index (χ2v) is 9.25. The summed E-state index contributed by atoms with van der Waals surface area (Å²) in [7, 11) is 0. The summed E-state index contributed by atoms with van der Waals surface area (Å²) in [4.78, 5) is 52.4. The predicted molar refractivity (Wildman–Crippen MR) is 149 cm³/mol. The molecule has 4 aromatic rings. The fraction of sp³-hybridized carbons (Fsp3) is 0.152. The van der Waals surface area contributed by atoms with E-state index < -0.39 is 48.5 Å². The number of benzene rings is 4. The molecule has 1 saturated heterocycles. The van der Waals surface area contributed by atoms with Gasteiger partial charge in [-0.15, -0.1) is 0 Å². The summed E-state index contributed by atoms with van der Waals surface area (Å²) in [6, 6.07) is 32.6. The summed E-state index contributed by atoms with van der Waals surface area (Å²) in [5.74, 6) is -3.02. The molecule has 0 radical (unpaired) electrons. The Morgan fingerprint density at radius 3 is 1.19 bits per heavy atom. The van der Waals surface area contributed by atoms with Crippen molar-refractivity contribution in [3.63, 3.8) is 0 Å². The molecule has 4 atom stereocenters. The van der Waals surface area contributed by atoms with Crippen molar-refractivity contribution in [2.24, 2.45) is 0 Å². The number of carbonyl (C=O) groups excluding carboxylic acids is 4. The smallest absolute Gasteiger partial charge is 0.340 e. The van der Waals surface area contributed by atoms with Crippen LogP contribution in [0, 0.1) is 0 Å². The van der Waals surface area contributed by atoms with Crippen molar-refractivity contribution in [1.82, 2.24) is 0 Å². The number of ether oxygens (including phenoxy) is 5. The molecule has 1 fully saturated rings. The van der Waals surface area contributed by atoms with Gasteiger partial charge >= 0.3 is 23.9 Å². The van der Waals surface area contributed by atoms with Gasteiger partial charge in [-0.3, -0.25) is 0 Å². The molecule has 1 heterocycles. The van der Waals surface area contributed by atoms with Gasteiger partial charge in [0.25, 0.3) is 0 Å². The third-order valence-corrected chi connectivity index (χ3v) is 6.39. The lowest BCUT2D eigenvalue weighted by Crippen LogP contribution is -2.58. The summed E-state index contributed by atoms with van der Waals surface area (Å²) in [5.41, 5.74) is 0.885. The first-order valence-electron chi connectivity index (χ1n) is 13.2. The van der Waals surface area contributed by atoms with E-state index in [2.05, 4.69) is 0 Å². The van der Waals surface area contributed by atoms with E-state index in [1.54, 1.807) is 109 Å². The monoisotopic (exact) mass is 566 g/mol. The van der Waals surface area contributed by atoms with E-state index in [-0.39, 0.29) is 28.9 Å². The molecule has 1 aliphatic rings. The second kappa shape index (κ2) is 13.4. The molecule has 0 amide bonds. The zero-order chi connectivity index (χ0) is 29.3. The van der Waals surface area contributed by atoms with Crippen molar-refractivity contribution in [2.45, 2.75) is 24.6 Å². The molecular weight excluding hydrogens is 540 g/mol. The van der Waals surface area contributed by atoms with E-state index in [1.165, 1.54) is 12.1 Å². The maximum Gasteiger partial charge on any atom is 0.340 e. The third kappa shape index (κ3) is 6.89. The van der Waals surface area contributed by atoms with E-state index in [4.69, 9.17) is 23.7 Å². The average Bonchev–Trinajstić information content (AvgIpc) is 3.05. The fourth-order valence-electron chi connectivity index (χ4n) is 4.27. The highest BCUT2D eigenvalue weighted by atomic mass is 16.7. The van der Waals surface area contributed by atoms with Crippen LogP contribution in [0.2, 0.25) is 0 Å². The quantitative estimate of drug-likeness (QED) is 0.218.